The second-order valence-electron chi connectivity index (χ2n) is 6.04. The van der Waals surface area contributed by atoms with E-state index in [4.69, 9.17) is 4.74 Å². The van der Waals surface area contributed by atoms with Gasteiger partial charge in [-0.05, 0) is 36.0 Å². The molecule has 2 atom stereocenters. The Morgan fingerprint density at radius 3 is 2.67 bits per heavy atom. The minimum absolute atomic E-state index is 0.00917. The van der Waals surface area contributed by atoms with Crippen LogP contribution in [0.15, 0.2) is 24.3 Å². The quantitative estimate of drug-likeness (QED) is 0.775. The Labute approximate surface area is 127 Å². The zero-order valence-corrected chi connectivity index (χ0v) is 13.4. The summed E-state index contributed by atoms with van der Waals surface area (Å²) in [6.45, 7) is 6.61. The van der Waals surface area contributed by atoms with Gasteiger partial charge in [-0.2, -0.15) is 0 Å². The Balaban J connectivity index is 2.41. The number of hydrogen-bond donors (Lipinski definition) is 2. The second kappa shape index (κ2) is 8.67. The van der Waals surface area contributed by atoms with E-state index >= 15 is 0 Å². The number of nitrogens with one attached hydrogen (secondary N) is 1. The minimum atomic E-state index is -0.718. The van der Waals surface area contributed by atoms with Crippen molar-refractivity contribution in [3.8, 4) is 5.75 Å². The van der Waals surface area contributed by atoms with E-state index in [0.717, 1.165) is 12.0 Å². The van der Waals surface area contributed by atoms with Crippen LogP contribution < -0.4 is 10.1 Å². The summed E-state index contributed by atoms with van der Waals surface area (Å²) in [7, 11) is 1.59. The minimum Gasteiger partial charge on any atom is -0.497 e. The van der Waals surface area contributed by atoms with Crippen LogP contribution in [0.25, 0.3) is 0 Å². The van der Waals surface area contributed by atoms with Crippen LogP contribution in [0.1, 0.15) is 45.3 Å². The standard InChI is InChI=1S/C17H27NO3/c1-12(2)8-13(3)9-17(20)18-11-16(19)14-6-5-7-15(10-14)21-4/h5-7,10,12-13,16,19H,8-9,11H2,1-4H3,(H,18,20). The van der Waals surface area contributed by atoms with Crippen LogP contribution >= 0.6 is 0 Å². The fourth-order valence-corrected chi connectivity index (χ4v) is 2.45. The maximum absolute atomic E-state index is 11.8. The molecular formula is C17H27NO3. The van der Waals surface area contributed by atoms with Gasteiger partial charge in [-0.1, -0.05) is 32.9 Å². The molecule has 2 N–H and O–H groups in total. The number of aliphatic hydroxyl groups excluding tert-OH is 1. The molecule has 1 amide bonds. The Morgan fingerprint density at radius 1 is 1.33 bits per heavy atom. The molecule has 0 aliphatic rings. The van der Waals surface area contributed by atoms with Crippen LogP contribution in [0, 0.1) is 11.8 Å². The predicted molar refractivity (Wildman–Crippen MR) is 84.2 cm³/mol. The van der Waals surface area contributed by atoms with Gasteiger partial charge in [0.15, 0.2) is 0 Å². The van der Waals surface area contributed by atoms with Gasteiger partial charge in [0.05, 0.1) is 13.2 Å². The first-order valence-electron chi connectivity index (χ1n) is 7.51. The van der Waals surface area contributed by atoms with E-state index in [0.29, 0.717) is 24.0 Å². The van der Waals surface area contributed by atoms with Crippen molar-refractivity contribution in [2.75, 3.05) is 13.7 Å². The van der Waals surface area contributed by atoms with Gasteiger partial charge in [0.25, 0.3) is 0 Å². The first-order chi connectivity index (χ1) is 9.92. The molecule has 2 unspecified atom stereocenters. The number of hydrogen-bond acceptors (Lipinski definition) is 3. The lowest BCUT2D eigenvalue weighted by Crippen LogP contribution is -2.29. The summed E-state index contributed by atoms with van der Waals surface area (Å²) in [4.78, 5) is 11.8. The summed E-state index contributed by atoms with van der Waals surface area (Å²) >= 11 is 0. The van der Waals surface area contributed by atoms with Crippen molar-refractivity contribution >= 4 is 5.91 Å². The van der Waals surface area contributed by atoms with E-state index in [1.807, 2.05) is 18.2 Å². The highest BCUT2D eigenvalue weighted by molar-refractivity contribution is 5.76. The average molecular weight is 293 g/mol. The molecule has 1 rings (SSSR count). The van der Waals surface area contributed by atoms with Crippen molar-refractivity contribution in [3.63, 3.8) is 0 Å². The normalized spacial score (nSPS) is 13.8. The number of benzene rings is 1. The van der Waals surface area contributed by atoms with Gasteiger partial charge < -0.3 is 15.2 Å². The van der Waals surface area contributed by atoms with Crippen molar-refractivity contribution in [3.05, 3.63) is 29.8 Å². The van der Waals surface area contributed by atoms with Crippen molar-refractivity contribution in [2.24, 2.45) is 11.8 Å². The molecule has 0 radical (unpaired) electrons. The van der Waals surface area contributed by atoms with Crippen LogP contribution in [0.3, 0.4) is 0 Å². The van der Waals surface area contributed by atoms with Crippen LogP contribution in [0.4, 0.5) is 0 Å². The molecule has 4 nitrogen and oxygen atoms in total. The third kappa shape index (κ3) is 6.63. The number of ether oxygens (including phenoxy) is 1. The monoisotopic (exact) mass is 293 g/mol. The van der Waals surface area contributed by atoms with Crippen molar-refractivity contribution in [1.82, 2.24) is 5.32 Å². The number of methoxy groups -OCH3 is 1. The van der Waals surface area contributed by atoms with Gasteiger partial charge in [-0.3, -0.25) is 4.79 Å². The number of carbonyl (C=O) groups is 1. The summed E-state index contributed by atoms with van der Waals surface area (Å²) in [6.07, 6.45) is 0.818. The van der Waals surface area contributed by atoms with Crippen molar-refractivity contribution in [1.29, 1.82) is 0 Å². The molecule has 1 aromatic rings. The molecule has 0 aliphatic carbocycles. The lowest BCUT2D eigenvalue weighted by atomic mass is 9.96. The third-order valence-electron chi connectivity index (χ3n) is 3.38. The first kappa shape index (κ1) is 17.5. The fourth-order valence-electron chi connectivity index (χ4n) is 2.45. The maximum atomic E-state index is 11.8. The van der Waals surface area contributed by atoms with E-state index in [9.17, 15) is 9.90 Å². The Hall–Kier alpha value is -1.55. The van der Waals surface area contributed by atoms with E-state index in [-0.39, 0.29) is 12.5 Å². The van der Waals surface area contributed by atoms with Crippen LogP contribution in [-0.4, -0.2) is 24.7 Å². The third-order valence-corrected chi connectivity index (χ3v) is 3.38. The highest BCUT2D eigenvalue weighted by atomic mass is 16.5. The molecule has 1 aromatic carbocycles. The molecule has 0 aliphatic heterocycles. The van der Waals surface area contributed by atoms with E-state index in [1.54, 1.807) is 13.2 Å². The molecule has 4 heteroatoms. The van der Waals surface area contributed by atoms with Crippen LogP contribution in [0.5, 0.6) is 5.75 Å². The zero-order chi connectivity index (χ0) is 15.8. The molecule has 118 valence electrons. The summed E-state index contributed by atoms with van der Waals surface area (Å²) in [5.41, 5.74) is 0.741. The highest BCUT2D eigenvalue weighted by Crippen LogP contribution is 2.19. The van der Waals surface area contributed by atoms with Gasteiger partial charge in [0.1, 0.15) is 5.75 Å². The smallest absolute Gasteiger partial charge is 0.220 e. The fraction of sp³-hybridized carbons (Fsp3) is 0.588. The summed E-state index contributed by atoms with van der Waals surface area (Å²) in [5.74, 6) is 1.64. The largest absolute Gasteiger partial charge is 0.497 e. The van der Waals surface area contributed by atoms with E-state index in [1.165, 1.54) is 0 Å². The van der Waals surface area contributed by atoms with Crippen LogP contribution in [0.2, 0.25) is 0 Å². The highest BCUT2D eigenvalue weighted by Gasteiger charge is 2.13. The summed E-state index contributed by atoms with van der Waals surface area (Å²) in [6, 6.07) is 7.24. The van der Waals surface area contributed by atoms with Crippen molar-refractivity contribution in [2.45, 2.75) is 39.7 Å². The summed E-state index contributed by atoms with van der Waals surface area (Å²) < 4.78 is 5.12. The van der Waals surface area contributed by atoms with Gasteiger partial charge in [0.2, 0.25) is 5.91 Å². The number of rotatable bonds is 8. The molecular weight excluding hydrogens is 266 g/mol. The second-order valence-corrected chi connectivity index (χ2v) is 6.04. The Kier molecular flexibility index (Phi) is 7.23. The van der Waals surface area contributed by atoms with E-state index in [2.05, 4.69) is 26.1 Å². The number of carbonyl (C=O) groups excluding carboxylic acids is 1. The predicted octanol–water partition coefficient (Wildman–Crippen LogP) is 2.92. The number of aliphatic hydroxyl groups is 1. The molecule has 0 saturated heterocycles. The number of amides is 1. The van der Waals surface area contributed by atoms with Gasteiger partial charge in [-0.15, -0.1) is 0 Å². The van der Waals surface area contributed by atoms with E-state index < -0.39 is 6.10 Å². The van der Waals surface area contributed by atoms with Gasteiger partial charge in [0, 0.05) is 13.0 Å². The first-order valence-corrected chi connectivity index (χ1v) is 7.51. The average Bonchev–Trinajstić information content (AvgIpc) is 2.43. The Bertz CT molecular complexity index is 445. The van der Waals surface area contributed by atoms with Crippen molar-refractivity contribution < 1.29 is 14.6 Å². The lowest BCUT2D eigenvalue weighted by molar-refractivity contribution is -0.122. The van der Waals surface area contributed by atoms with Gasteiger partial charge in [-0.25, -0.2) is 0 Å². The van der Waals surface area contributed by atoms with Gasteiger partial charge >= 0.3 is 0 Å². The molecule has 0 saturated carbocycles. The maximum Gasteiger partial charge on any atom is 0.220 e. The summed E-state index contributed by atoms with van der Waals surface area (Å²) in [5, 5.41) is 12.9. The molecule has 0 aromatic heterocycles. The van der Waals surface area contributed by atoms with Crippen LogP contribution in [-0.2, 0) is 4.79 Å². The molecule has 21 heavy (non-hydrogen) atoms. The molecule has 0 fully saturated rings. The SMILES string of the molecule is COc1cccc(C(O)CNC(=O)CC(C)CC(C)C)c1. The molecule has 0 spiro atoms. The topological polar surface area (TPSA) is 58.6 Å². The Morgan fingerprint density at radius 2 is 2.05 bits per heavy atom. The zero-order valence-electron chi connectivity index (χ0n) is 13.4. The lowest BCUT2D eigenvalue weighted by Gasteiger charge is -2.16. The molecule has 0 heterocycles. The molecule has 0 bridgehead atoms.